The number of benzene rings is 2. The normalized spacial score (nSPS) is 13.3. The van der Waals surface area contributed by atoms with Crippen molar-refractivity contribution in [2.75, 3.05) is 13.2 Å². The third-order valence-electron chi connectivity index (χ3n) is 3.66. The van der Waals surface area contributed by atoms with Gasteiger partial charge >= 0.3 is 0 Å². The zero-order chi connectivity index (χ0) is 16.7. The van der Waals surface area contributed by atoms with E-state index in [9.17, 15) is 9.90 Å². The Hall–Kier alpha value is -2.17. The zero-order valence-electron chi connectivity index (χ0n) is 13.5. The first-order valence-electron chi connectivity index (χ1n) is 7.76. The van der Waals surface area contributed by atoms with Gasteiger partial charge in [0.1, 0.15) is 18.5 Å². The van der Waals surface area contributed by atoms with Gasteiger partial charge in [0.15, 0.2) is 5.78 Å². The average Bonchev–Trinajstić information content (AvgIpc) is 2.59. The van der Waals surface area contributed by atoms with E-state index in [1.807, 2.05) is 18.2 Å². The van der Waals surface area contributed by atoms with Gasteiger partial charge in [-0.15, -0.1) is 0 Å². The number of ketones is 1. The summed E-state index contributed by atoms with van der Waals surface area (Å²) in [5.41, 5.74) is 1.83. The van der Waals surface area contributed by atoms with Gasteiger partial charge in [0.2, 0.25) is 0 Å². The molecular weight excluding hydrogens is 290 g/mol. The Morgan fingerprint density at radius 2 is 1.78 bits per heavy atom. The van der Waals surface area contributed by atoms with Crippen LogP contribution in [0.4, 0.5) is 0 Å². The van der Waals surface area contributed by atoms with Gasteiger partial charge < -0.3 is 15.2 Å². The molecule has 0 spiro atoms. The number of carbonyl (C=O) groups is 1. The van der Waals surface area contributed by atoms with Crippen molar-refractivity contribution in [2.45, 2.75) is 26.0 Å². The van der Waals surface area contributed by atoms with E-state index in [4.69, 9.17) is 4.74 Å². The van der Waals surface area contributed by atoms with E-state index in [-0.39, 0.29) is 18.4 Å². The van der Waals surface area contributed by atoms with Crippen LogP contribution in [0.3, 0.4) is 0 Å². The summed E-state index contributed by atoms with van der Waals surface area (Å²) in [5, 5.41) is 13.3. The highest BCUT2D eigenvalue weighted by molar-refractivity contribution is 5.94. The van der Waals surface area contributed by atoms with Crippen molar-refractivity contribution < 1.29 is 14.6 Å². The lowest BCUT2D eigenvalue weighted by Gasteiger charge is -2.18. The van der Waals surface area contributed by atoms with Gasteiger partial charge in [-0.05, 0) is 43.7 Å². The minimum atomic E-state index is -0.603. The van der Waals surface area contributed by atoms with Crippen molar-refractivity contribution >= 4 is 5.78 Å². The molecule has 0 saturated carbocycles. The van der Waals surface area contributed by atoms with Crippen LogP contribution in [0.15, 0.2) is 54.6 Å². The fraction of sp³-hybridized carbons (Fsp3) is 0.316. The van der Waals surface area contributed by atoms with Gasteiger partial charge in [-0.3, -0.25) is 4.79 Å². The van der Waals surface area contributed by atoms with Gasteiger partial charge in [0, 0.05) is 18.2 Å². The summed E-state index contributed by atoms with van der Waals surface area (Å²) in [6.45, 7) is 4.23. The number of ether oxygens (including phenoxy) is 1. The highest BCUT2D eigenvalue weighted by atomic mass is 16.5. The molecule has 0 aromatic heterocycles. The smallest absolute Gasteiger partial charge is 0.159 e. The van der Waals surface area contributed by atoms with E-state index in [1.165, 1.54) is 12.5 Å². The molecule has 2 aromatic carbocycles. The summed E-state index contributed by atoms with van der Waals surface area (Å²) in [6.07, 6.45) is -0.603. The maximum Gasteiger partial charge on any atom is 0.159 e. The number of aliphatic hydroxyl groups is 1. The summed E-state index contributed by atoms with van der Waals surface area (Å²) < 4.78 is 5.54. The molecule has 0 aliphatic carbocycles. The minimum absolute atomic E-state index is 0.0238. The number of hydrogen-bond acceptors (Lipinski definition) is 4. The Morgan fingerprint density at radius 3 is 2.39 bits per heavy atom. The van der Waals surface area contributed by atoms with E-state index in [0.717, 1.165) is 0 Å². The van der Waals surface area contributed by atoms with Crippen molar-refractivity contribution in [2.24, 2.45) is 0 Å². The zero-order valence-corrected chi connectivity index (χ0v) is 13.5. The highest BCUT2D eigenvalue weighted by Gasteiger charge is 2.09. The summed E-state index contributed by atoms with van der Waals surface area (Å²) in [5.74, 6) is 0.667. The van der Waals surface area contributed by atoms with Crippen LogP contribution in [0, 0.1) is 0 Å². The van der Waals surface area contributed by atoms with Gasteiger partial charge in [0.05, 0.1) is 0 Å². The molecule has 23 heavy (non-hydrogen) atoms. The Bertz CT molecular complexity index is 610. The Labute approximate surface area is 137 Å². The molecule has 0 fully saturated rings. The maximum atomic E-state index is 11.2. The topological polar surface area (TPSA) is 58.6 Å². The third kappa shape index (κ3) is 5.51. The molecule has 4 heteroatoms. The van der Waals surface area contributed by atoms with Gasteiger partial charge in [-0.25, -0.2) is 0 Å². The average molecular weight is 313 g/mol. The predicted molar refractivity (Wildman–Crippen MR) is 90.8 cm³/mol. The maximum absolute atomic E-state index is 11.2. The molecule has 0 radical (unpaired) electrons. The number of rotatable bonds is 8. The van der Waals surface area contributed by atoms with Crippen molar-refractivity contribution in [3.05, 3.63) is 65.7 Å². The first-order valence-corrected chi connectivity index (χ1v) is 7.76. The van der Waals surface area contributed by atoms with Crippen molar-refractivity contribution in [3.63, 3.8) is 0 Å². The van der Waals surface area contributed by atoms with Crippen molar-refractivity contribution in [3.8, 4) is 5.75 Å². The number of Topliss-reactive ketones (excluding diaryl/α,β-unsaturated/α-hetero) is 1. The summed E-state index contributed by atoms with van der Waals surface area (Å²) >= 11 is 0. The lowest BCUT2D eigenvalue weighted by molar-refractivity contribution is 0.101. The van der Waals surface area contributed by atoms with E-state index in [0.29, 0.717) is 17.9 Å². The predicted octanol–water partition coefficient (Wildman–Crippen LogP) is 2.98. The van der Waals surface area contributed by atoms with Crippen LogP contribution in [-0.2, 0) is 0 Å². The van der Waals surface area contributed by atoms with Crippen LogP contribution in [0.25, 0.3) is 0 Å². The molecule has 0 heterocycles. The van der Waals surface area contributed by atoms with Crippen molar-refractivity contribution in [1.82, 2.24) is 5.32 Å². The fourth-order valence-corrected chi connectivity index (χ4v) is 2.21. The molecular formula is C19H23NO3. The highest BCUT2D eigenvalue weighted by Crippen LogP contribution is 2.13. The SMILES string of the molecule is CC(=O)c1ccc(OC[C@@H](O)CN[C@@H](C)c2ccccc2)cc1. The summed E-state index contributed by atoms with van der Waals surface area (Å²) in [6, 6.07) is 17.2. The van der Waals surface area contributed by atoms with E-state index in [2.05, 4.69) is 24.4 Å². The first kappa shape index (κ1) is 17.2. The minimum Gasteiger partial charge on any atom is -0.491 e. The lowest BCUT2D eigenvalue weighted by Crippen LogP contribution is -2.33. The molecule has 2 rings (SSSR count). The van der Waals surface area contributed by atoms with E-state index >= 15 is 0 Å². The van der Waals surface area contributed by atoms with Crippen LogP contribution < -0.4 is 10.1 Å². The molecule has 0 aliphatic rings. The molecule has 0 bridgehead atoms. The van der Waals surface area contributed by atoms with Crippen LogP contribution in [0.5, 0.6) is 5.75 Å². The number of aliphatic hydroxyl groups excluding tert-OH is 1. The van der Waals surface area contributed by atoms with Gasteiger partial charge in [-0.1, -0.05) is 30.3 Å². The second-order valence-corrected chi connectivity index (χ2v) is 5.59. The Morgan fingerprint density at radius 1 is 1.13 bits per heavy atom. The van der Waals surface area contributed by atoms with Crippen LogP contribution in [0.1, 0.15) is 35.8 Å². The quantitative estimate of drug-likeness (QED) is 0.736. The molecule has 2 aromatic rings. The lowest BCUT2D eigenvalue weighted by atomic mass is 10.1. The molecule has 2 N–H and O–H groups in total. The van der Waals surface area contributed by atoms with Crippen LogP contribution >= 0.6 is 0 Å². The Balaban J connectivity index is 1.74. The molecule has 0 saturated heterocycles. The van der Waals surface area contributed by atoms with Crippen LogP contribution in [-0.4, -0.2) is 30.1 Å². The van der Waals surface area contributed by atoms with E-state index in [1.54, 1.807) is 24.3 Å². The third-order valence-corrected chi connectivity index (χ3v) is 3.66. The molecule has 122 valence electrons. The molecule has 0 aliphatic heterocycles. The summed E-state index contributed by atoms with van der Waals surface area (Å²) in [7, 11) is 0. The fourth-order valence-electron chi connectivity index (χ4n) is 2.21. The number of nitrogens with one attached hydrogen (secondary N) is 1. The second kappa shape index (κ2) is 8.46. The van der Waals surface area contributed by atoms with Crippen LogP contribution in [0.2, 0.25) is 0 Å². The molecule has 2 atom stereocenters. The molecule has 0 amide bonds. The molecule has 0 unspecified atom stereocenters. The summed E-state index contributed by atoms with van der Waals surface area (Å²) in [4.78, 5) is 11.2. The largest absolute Gasteiger partial charge is 0.491 e. The molecule has 4 nitrogen and oxygen atoms in total. The number of hydrogen-bond donors (Lipinski definition) is 2. The first-order chi connectivity index (χ1) is 11.1. The monoisotopic (exact) mass is 313 g/mol. The van der Waals surface area contributed by atoms with Gasteiger partial charge in [-0.2, -0.15) is 0 Å². The number of carbonyl (C=O) groups excluding carboxylic acids is 1. The van der Waals surface area contributed by atoms with Gasteiger partial charge in [0.25, 0.3) is 0 Å². The van der Waals surface area contributed by atoms with Crippen molar-refractivity contribution in [1.29, 1.82) is 0 Å². The second-order valence-electron chi connectivity index (χ2n) is 5.59. The van der Waals surface area contributed by atoms with E-state index < -0.39 is 6.10 Å². The standard InChI is InChI=1S/C19H23NO3/c1-14(16-6-4-3-5-7-16)20-12-18(22)13-23-19-10-8-17(9-11-19)15(2)21/h3-11,14,18,20,22H,12-13H2,1-2H3/t14-,18-/m0/s1. The Kier molecular flexibility index (Phi) is 6.32.